The molecule has 5 aliphatic rings. The average Bonchev–Trinajstić information content (AvgIpc) is 3.33. The second kappa shape index (κ2) is 9.25. The SMILES string of the molecule is CCNC12CCC[C@@H]1[C@H]1CCC3C4(CC)CC=C(c5ccc(C(=O)O)cc5)C(C)C4CC[C@@]3(C)C1CC2. The summed E-state index contributed by atoms with van der Waals surface area (Å²) < 4.78 is 0. The summed E-state index contributed by atoms with van der Waals surface area (Å²) in [6, 6.07) is 7.66. The summed E-state index contributed by atoms with van der Waals surface area (Å²) in [6.07, 6.45) is 17.9. The van der Waals surface area contributed by atoms with E-state index in [1.54, 1.807) is 12.1 Å². The first kappa shape index (κ1) is 25.7. The Morgan fingerprint density at radius 1 is 0.973 bits per heavy atom. The number of benzene rings is 1. The van der Waals surface area contributed by atoms with Gasteiger partial charge in [-0.3, -0.25) is 0 Å². The zero-order valence-electron chi connectivity index (χ0n) is 23.7. The van der Waals surface area contributed by atoms with Crippen LogP contribution in [0.25, 0.3) is 5.57 Å². The molecule has 0 spiro atoms. The summed E-state index contributed by atoms with van der Waals surface area (Å²) in [6.45, 7) is 11.1. The molecule has 1 aromatic carbocycles. The topological polar surface area (TPSA) is 49.3 Å². The van der Waals surface area contributed by atoms with Crippen molar-refractivity contribution in [3.05, 3.63) is 41.5 Å². The van der Waals surface area contributed by atoms with E-state index in [4.69, 9.17) is 0 Å². The molecule has 6 unspecified atom stereocenters. The number of allylic oxidation sites excluding steroid dienone is 2. The molecule has 6 rings (SSSR count). The molecule has 202 valence electrons. The van der Waals surface area contributed by atoms with Gasteiger partial charge in [0.2, 0.25) is 0 Å². The van der Waals surface area contributed by atoms with E-state index in [-0.39, 0.29) is 0 Å². The largest absolute Gasteiger partial charge is 0.478 e. The molecule has 4 saturated carbocycles. The van der Waals surface area contributed by atoms with E-state index >= 15 is 0 Å². The molecule has 0 saturated heterocycles. The van der Waals surface area contributed by atoms with Crippen LogP contribution in [0.5, 0.6) is 0 Å². The van der Waals surface area contributed by atoms with Gasteiger partial charge in [-0.25, -0.2) is 4.79 Å². The first-order valence-corrected chi connectivity index (χ1v) is 15.6. The molecule has 3 nitrogen and oxygen atoms in total. The van der Waals surface area contributed by atoms with E-state index < -0.39 is 5.97 Å². The quantitative estimate of drug-likeness (QED) is 0.426. The molecule has 0 aromatic heterocycles. The highest BCUT2D eigenvalue weighted by Gasteiger charge is 2.64. The number of carboxylic acid groups (broad SMARTS) is 1. The molecule has 1 aromatic rings. The maximum absolute atomic E-state index is 11.4. The molecule has 37 heavy (non-hydrogen) atoms. The number of carbonyl (C=O) groups is 1. The molecular weight excluding hydrogens is 454 g/mol. The molecule has 0 heterocycles. The Kier molecular flexibility index (Phi) is 6.41. The Morgan fingerprint density at radius 2 is 1.73 bits per heavy atom. The number of carboxylic acids is 1. The predicted octanol–water partition coefficient (Wildman–Crippen LogP) is 8.21. The lowest BCUT2D eigenvalue weighted by Gasteiger charge is -2.68. The monoisotopic (exact) mass is 503 g/mol. The Morgan fingerprint density at radius 3 is 2.43 bits per heavy atom. The van der Waals surface area contributed by atoms with Crippen LogP contribution >= 0.6 is 0 Å². The lowest BCUT2D eigenvalue weighted by molar-refractivity contribution is -0.171. The summed E-state index contributed by atoms with van der Waals surface area (Å²) in [4.78, 5) is 11.4. The number of nitrogens with one attached hydrogen (secondary N) is 1. The molecule has 3 heteroatoms. The van der Waals surface area contributed by atoms with Gasteiger partial charge in [-0.15, -0.1) is 0 Å². The molecule has 0 aliphatic heterocycles. The summed E-state index contributed by atoms with van der Waals surface area (Å²) >= 11 is 0. The molecule has 0 bridgehead atoms. The van der Waals surface area contributed by atoms with Gasteiger partial charge in [0, 0.05) is 5.54 Å². The van der Waals surface area contributed by atoms with Crippen molar-refractivity contribution in [2.45, 2.75) is 104 Å². The van der Waals surface area contributed by atoms with Crippen molar-refractivity contribution in [3.63, 3.8) is 0 Å². The van der Waals surface area contributed by atoms with Crippen LogP contribution in [0.1, 0.15) is 114 Å². The van der Waals surface area contributed by atoms with Crippen molar-refractivity contribution >= 4 is 11.5 Å². The van der Waals surface area contributed by atoms with Crippen molar-refractivity contribution in [2.24, 2.45) is 46.3 Å². The van der Waals surface area contributed by atoms with Crippen LogP contribution in [0.4, 0.5) is 0 Å². The Hall–Kier alpha value is -1.61. The molecule has 0 radical (unpaired) electrons. The number of fused-ring (bicyclic) bond motifs is 7. The van der Waals surface area contributed by atoms with Gasteiger partial charge in [-0.05, 0) is 140 Å². The van der Waals surface area contributed by atoms with Crippen molar-refractivity contribution < 1.29 is 9.90 Å². The van der Waals surface area contributed by atoms with Crippen LogP contribution in [0, 0.1) is 46.3 Å². The van der Waals surface area contributed by atoms with Crippen molar-refractivity contribution in [2.75, 3.05) is 6.54 Å². The third-order valence-electron chi connectivity index (χ3n) is 13.1. The van der Waals surface area contributed by atoms with Gasteiger partial charge >= 0.3 is 5.97 Å². The standard InChI is InChI=1S/C34H49NO2/c1-5-33-20-15-25(23-9-11-24(12-10-23)31(36)37)22(3)27(33)16-19-32(4)28-17-21-34(35-6-2)18-7-8-29(34)26(28)13-14-30(32)33/h9-12,15,22,26-30,35H,5-8,13-14,16-21H2,1-4H3,(H,36,37)/t22?,26-,27?,28?,29+,30?,32-,33?,34?/m0/s1. The summed E-state index contributed by atoms with van der Waals surface area (Å²) in [5, 5.41) is 13.4. The zero-order valence-corrected chi connectivity index (χ0v) is 23.7. The van der Waals surface area contributed by atoms with Gasteiger partial charge in [-0.2, -0.15) is 0 Å². The van der Waals surface area contributed by atoms with Gasteiger partial charge < -0.3 is 10.4 Å². The molecule has 2 N–H and O–H groups in total. The minimum absolute atomic E-state index is 0.383. The molecule has 4 fully saturated rings. The number of rotatable bonds is 5. The fraction of sp³-hybridized carbons (Fsp3) is 0.735. The molecule has 9 atom stereocenters. The normalized spacial score (nSPS) is 44.7. The van der Waals surface area contributed by atoms with E-state index in [0.717, 1.165) is 36.1 Å². The average molecular weight is 504 g/mol. The van der Waals surface area contributed by atoms with Crippen LogP contribution in [-0.2, 0) is 0 Å². The highest BCUT2D eigenvalue weighted by molar-refractivity contribution is 5.88. The van der Waals surface area contributed by atoms with Crippen molar-refractivity contribution in [1.29, 1.82) is 0 Å². The Balaban J connectivity index is 1.30. The summed E-state index contributed by atoms with van der Waals surface area (Å²) in [5.41, 5.74) is 4.44. The van der Waals surface area contributed by atoms with Crippen molar-refractivity contribution in [3.8, 4) is 0 Å². The van der Waals surface area contributed by atoms with Crippen LogP contribution in [0.3, 0.4) is 0 Å². The summed E-state index contributed by atoms with van der Waals surface area (Å²) in [5.74, 6) is 4.03. The van der Waals surface area contributed by atoms with Crippen LogP contribution in [0.2, 0.25) is 0 Å². The van der Waals surface area contributed by atoms with Crippen LogP contribution < -0.4 is 5.32 Å². The second-order valence-electron chi connectivity index (χ2n) is 13.9. The lowest BCUT2D eigenvalue weighted by Crippen LogP contribution is -2.63. The molecular formula is C34H49NO2. The van der Waals surface area contributed by atoms with Gasteiger partial charge in [-0.1, -0.05) is 52.3 Å². The zero-order chi connectivity index (χ0) is 26.0. The first-order valence-electron chi connectivity index (χ1n) is 15.6. The number of hydrogen-bond acceptors (Lipinski definition) is 2. The predicted molar refractivity (Wildman–Crippen MR) is 151 cm³/mol. The van der Waals surface area contributed by atoms with E-state index in [2.05, 4.69) is 39.1 Å². The summed E-state index contributed by atoms with van der Waals surface area (Å²) in [7, 11) is 0. The third kappa shape index (κ3) is 3.65. The minimum Gasteiger partial charge on any atom is -0.478 e. The van der Waals surface area contributed by atoms with Crippen LogP contribution in [-0.4, -0.2) is 23.2 Å². The van der Waals surface area contributed by atoms with Crippen LogP contribution in [0.15, 0.2) is 30.3 Å². The maximum Gasteiger partial charge on any atom is 0.335 e. The van der Waals surface area contributed by atoms with Gasteiger partial charge in [0.05, 0.1) is 5.56 Å². The number of aromatic carboxylic acids is 1. The molecule has 0 amide bonds. The van der Waals surface area contributed by atoms with E-state index in [0.29, 0.717) is 27.9 Å². The van der Waals surface area contributed by atoms with E-state index in [1.165, 1.54) is 81.8 Å². The van der Waals surface area contributed by atoms with E-state index in [9.17, 15) is 9.90 Å². The fourth-order valence-electron chi connectivity index (χ4n) is 11.7. The third-order valence-corrected chi connectivity index (χ3v) is 13.1. The minimum atomic E-state index is -0.840. The Bertz CT molecular complexity index is 1060. The highest BCUT2D eigenvalue weighted by Crippen LogP contribution is 2.71. The lowest BCUT2D eigenvalue weighted by atomic mass is 9.37. The maximum atomic E-state index is 11.4. The molecule has 5 aliphatic carbocycles. The Labute approximate surface area is 224 Å². The highest BCUT2D eigenvalue weighted by atomic mass is 16.4. The van der Waals surface area contributed by atoms with Gasteiger partial charge in [0.25, 0.3) is 0 Å². The second-order valence-corrected chi connectivity index (χ2v) is 13.9. The fourth-order valence-corrected chi connectivity index (χ4v) is 11.7. The van der Waals surface area contributed by atoms with E-state index in [1.807, 2.05) is 12.1 Å². The number of hydrogen-bond donors (Lipinski definition) is 2. The van der Waals surface area contributed by atoms with Gasteiger partial charge in [0.1, 0.15) is 0 Å². The first-order chi connectivity index (χ1) is 17.8. The van der Waals surface area contributed by atoms with Crippen molar-refractivity contribution in [1.82, 2.24) is 5.32 Å². The smallest absolute Gasteiger partial charge is 0.335 e. The van der Waals surface area contributed by atoms with Gasteiger partial charge in [0.15, 0.2) is 0 Å².